The van der Waals surface area contributed by atoms with Crippen LogP contribution in [0.3, 0.4) is 0 Å². The van der Waals surface area contributed by atoms with Crippen molar-refractivity contribution in [3.8, 4) is 0 Å². The van der Waals surface area contributed by atoms with E-state index in [4.69, 9.17) is 0 Å². The second kappa shape index (κ2) is 3.85. The zero-order valence-corrected chi connectivity index (χ0v) is 12.2. The topological polar surface area (TPSA) is 17.1 Å². The second-order valence-electron chi connectivity index (χ2n) is 7.31. The molecule has 1 saturated carbocycles. The van der Waals surface area contributed by atoms with E-state index in [2.05, 4.69) is 55.4 Å². The molecule has 0 aromatic heterocycles. The van der Waals surface area contributed by atoms with Crippen molar-refractivity contribution in [3.63, 3.8) is 0 Å². The summed E-state index contributed by atoms with van der Waals surface area (Å²) < 4.78 is 0. The van der Waals surface area contributed by atoms with Gasteiger partial charge in [-0.1, -0.05) is 55.4 Å². The molecule has 1 rings (SSSR count). The quantitative estimate of drug-likeness (QED) is 0.700. The van der Waals surface area contributed by atoms with Gasteiger partial charge in [0, 0.05) is 11.8 Å². The summed E-state index contributed by atoms with van der Waals surface area (Å²) in [7, 11) is 0. The summed E-state index contributed by atoms with van der Waals surface area (Å²) in [6.07, 6.45) is 0. The monoisotopic (exact) mass is 224 g/mol. The predicted octanol–water partition coefficient (Wildman–Crippen LogP) is 4.17. The fourth-order valence-electron chi connectivity index (χ4n) is 2.55. The Morgan fingerprint density at radius 2 is 1.06 bits per heavy atom. The normalized spacial score (nSPS) is 26.8. The molecule has 0 aromatic carbocycles. The minimum Gasteiger partial charge on any atom is -0.299 e. The van der Waals surface area contributed by atoms with Gasteiger partial charge in [-0.2, -0.15) is 0 Å². The second-order valence-corrected chi connectivity index (χ2v) is 7.31. The lowest BCUT2D eigenvalue weighted by atomic mass is 9.70. The van der Waals surface area contributed by atoms with Crippen LogP contribution in [0.4, 0.5) is 0 Å². The number of ketones is 1. The molecule has 1 aliphatic rings. The molecule has 1 nitrogen and oxygen atoms in total. The van der Waals surface area contributed by atoms with Crippen LogP contribution in [0.1, 0.15) is 55.4 Å². The molecule has 1 fully saturated rings. The highest BCUT2D eigenvalue weighted by Gasteiger charge is 2.63. The van der Waals surface area contributed by atoms with Gasteiger partial charge in [-0.15, -0.1) is 0 Å². The molecule has 0 unspecified atom stereocenters. The van der Waals surface area contributed by atoms with Crippen LogP contribution in [0.15, 0.2) is 0 Å². The van der Waals surface area contributed by atoms with E-state index < -0.39 is 0 Å². The van der Waals surface area contributed by atoms with Gasteiger partial charge < -0.3 is 0 Å². The molecular formula is C15H28O. The lowest BCUT2D eigenvalue weighted by molar-refractivity contribution is -0.114. The molecule has 0 heterocycles. The van der Waals surface area contributed by atoms with E-state index in [0.717, 1.165) is 0 Å². The Hall–Kier alpha value is -0.330. The van der Waals surface area contributed by atoms with Crippen LogP contribution in [-0.2, 0) is 4.79 Å². The number of carbonyl (C=O) groups is 1. The van der Waals surface area contributed by atoms with Crippen molar-refractivity contribution in [2.24, 2.45) is 34.5 Å². The first-order valence-corrected chi connectivity index (χ1v) is 6.58. The van der Waals surface area contributed by atoms with Crippen LogP contribution < -0.4 is 0 Å². The van der Waals surface area contributed by atoms with Gasteiger partial charge in [-0.25, -0.2) is 0 Å². The summed E-state index contributed by atoms with van der Waals surface area (Å²) in [6.45, 7) is 17.9. The molecule has 0 spiro atoms. The standard InChI is InChI=1S/C15H28O/c1-9(2)14(5,6)11-12(13(11)16)15(7,8)10(3)4/h9-12H,1-8H3/t11-,12+. The van der Waals surface area contributed by atoms with E-state index in [1.54, 1.807) is 0 Å². The molecule has 0 radical (unpaired) electrons. The zero-order valence-electron chi connectivity index (χ0n) is 12.2. The summed E-state index contributed by atoms with van der Waals surface area (Å²) in [5, 5.41) is 0. The van der Waals surface area contributed by atoms with Gasteiger partial charge in [-0.05, 0) is 22.7 Å². The lowest BCUT2D eigenvalue weighted by Crippen LogP contribution is -2.28. The third-order valence-electron chi connectivity index (χ3n) is 5.42. The smallest absolute Gasteiger partial charge is 0.141 e. The molecule has 0 amide bonds. The average molecular weight is 224 g/mol. The highest BCUT2D eigenvalue weighted by Crippen LogP contribution is 2.59. The van der Waals surface area contributed by atoms with E-state index >= 15 is 0 Å². The number of hydrogen-bond acceptors (Lipinski definition) is 1. The van der Waals surface area contributed by atoms with Crippen LogP contribution in [0.5, 0.6) is 0 Å². The van der Waals surface area contributed by atoms with Crippen LogP contribution >= 0.6 is 0 Å². The Labute approximate surface area is 101 Å². The van der Waals surface area contributed by atoms with Crippen LogP contribution in [0, 0.1) is 34.5 Å². The van der Waals surface area contributed by atoms with E-state index in [-0.39, 0.29) is 22.7 Å². The first kappa shape index (κ1) is 13.7. The molecule has 0 N–H and O–H groups in total. The van der Waals surface area contributed by atoms with Crippen molar-refractivity contribution in [2.75, 3.05) is 0 Å². The fourth-order valence-corrected chi connectivity index (χ4v) is 2.55. The van der Waals surface area contributed by atoms with Crippen molar-refractivity contribution in [1.82, 2.24) is 0 Å². The summed E-state index contributed by atoms with van der Waals surface area (Å²) in [6, 6.07) is 0. The summed E-state index contributed by atoms with van der Waals surface area (Å²) in [4.78, 5) is 12.1. The minimum absolute atomic E-state index is 0.147. The summed E-state index contributed by atoms with van der Waals surface area (Å²) in [5.41, 5.74) is 0.293. The van der Waals surface area contributed by atoms with E-state index in [0.29, 0.717) is 17.6 Å². The zero-order chi connectivity index (χ0) is 12.9. The Kier molecular flexibility index (Phi) is 3.31. The summed E-state index contributed by atoms with van der Waals surface area (Å²) in [5.74, 6) is 2.19. The number of hydrogen-bond donors (Lipinski definition) is 0. The van der Waals surface area contributed by atoms with Gasteiger partial charge in [-0.3, -0.25) is 4.79 Å². The molecule has 2 atom stereocenters. The average Bonchev–Trinajstić information content (AvgIpc) is 2.77. The molecule has 16 heavy (non-hydrogen) atoms. The molecule has 0 saturated heterocycles. The maximum absolute atomic E-state index is 12.1. The Balaban J connectivity index is 2.89. The number of carbonyl (C=O) groups excluding carboxylic acids is 1. The fraction of sp³-hybridized carbons (Fsp3) is 0.933. The molecule has 0 aliphatic heterocycles. The maximum Gasteiger partial charge on any atom is 0.141 e. The maximum atomic E-state index is 12.1. The van der Waals surface area contributed by atoms with E-state index in [1.165, 1.54) is 0 Å². The first-order chi connectivity index (χ1) is 7.04. The van der Waals surface area contributed by atoms with Gasteiger partial charge in [0.15, 0.2) is 0 Å². The van der Waals surface area contributed by atoms with Crippen molar-refractivity contribution in [1.29, 1.82) is 0 Å². The molecular weight excluding hydrogens is 196 g/mol. The van der Waals surface area contributed by atoms with Crippen LogP contribution in [-0.4, -0.2) is 5.78 Å². The van der Waals surface area contributed by atoms with E-state index in [9.17, 15) is 4.79 Å². The molecule has 0 bridgehead atoms. The van der Waals surface area contributed by atoms with Gasteiger partial charge in [0.05, 0.1) is 0 Å². The first-order valence-electron chi connectivity index (χ1n) is 6.58. The third-order valence-corrected chi connectivity index (χ3v) is 5.42. The van der Waals surface area contributed by atoms with Crippen molar-refractivity contribution >= 4 is 5.78 Å². The van der Waals surface area contributed by atoms with Crippen molar-refractivity contribution in [2.45, 2.75) is 55.4 Å². The van der Waals surface area contributed by atoms with Gasteiger partial charge in [0.2, 0.25) is 0 Å². The SMILES string of the molecule is CC(C)C(C)(C)[C@@H]1C(=O)[C@@H]1C(C)(C)C(C)C. The predicted molar refractivity (Wildman–Crippen MR) is 69.2 cm³/mol. The highest BCUT2D eigenvalue weighted by molar-refractivity contribution is 6.00. The minimum atomic E-state index is 0.147. The Morgan fingerprint density at radius 1 is 0.812 bits per heavy atom. The molecule has 0 aromatic rings. The number of rotatable bonds is 4. The molecule has 1 aliphatic carbocycles. The van der Waals surface area contributed by atoms with Crippen LogP contribution in [0.25, 0.3) is 0 Å². The van der Waals surface area contributed by atoms with Gasteiger partial charge >= 0.3 is 0 Å². The summed E-state index contributed by atoms with van der Waals surface area (Å²) >= 11 is 0. The van der Waals surface area contributed by atoms with Crippen LogP contribution in [0.2, 0.25) is 0 Å². The lowest BCUT2D eigenvalue weighted by Gasteiger charge is -2.34. The Morgan fingerprint density at radius 3 is 1.25 bits per heavy atom. The van der Waals surface area contributed by atoms with Crippen molar-refractivity contribution < 1.29 is 4.79 Å². The Bertz CT molecular complexity index is 256. The third kappa shape index (κ3) is 1.94. The molecule has 94 valence electrons. The van der Waals surface area contributed by atoms with Gasteiger partial charge in [0.25, 0.3) is 0 Å². The largest absolute Gasteiger partial charge is 0.299 e. The van der Waals surface area contributed by atoms with Crippen molar-refractivity contribution in [3.05, 3.63) is 0 Å². The molecule has 1 heteroatoms. The van der Waals surface area contributed by atoms with E-state index in [1.807, 2.05) is 0 Å². The van der Waals surface area contributed by atoms with Gasteiger partial charge in [0.1, 0.15) is 5.78 Å². The highest BCUT2D eigenvalue weighted by atomic mass is 16.1. The number of Topliss-reactive ketones (excluding diaryl/α,β-unsaturated/α-hetero) is 1.